The fraction of sp³-hybridized carbons (Fsp3) is 0.393. The number of ether oxygens (including phenoxy) is 2. The van der Waals surface area contributed by atoms with Gasteiger partial charge in [0.25, 0.3) is 0 Å². The molecule has 0 aliphatic rings. The molecule has 0 spiro atoms. The summed E-state index contributed by atoms with van der Waals surface area (Å²) in [5, 5.41) is 12.3. The summed E-state index contributed by atoms with van der Waals surface area (Å²) in [6, 6.07) is 15.7. The Bertz CT molecular complexity index is 1140. The van der Waals surface area contributed by atoms with Crippen LogP contribution >= 0.6 is 11.8 Å². The van der Waals surface area contributed by atoms with Gasteiger partial charge in [0.2, 0.25) is 5.91 Å². The van der Waals surface area contributed by atoms with E-state index in [1.807, 2.05) is 54.0 Å². The van der Waals surface area contributed by atoms with Gasteiger partial charge in [-0.1, -0.05) is 62.9 Å². The van der Waals surface area contributed by atoms with Crippen LogP contribution < -0.4 is 14.8 Å². The summed E-state index contributed by atoms with van der Waals surface area (Å²) in [5.41, 5.74) is 2.06. The Labute approximate surface area is 218 Å². The fourth-order valence-corrected chi connectivity index (χ4v) is 4.33. The number of aryl methyl sites for hydroxylation is 1. The molecule has 1 aromatic heterocycles. The Kier molecular flexibility index (Phi) is 9.99. The lowest BCUT2D eigenvalue weighted by Gasteiger charge is -2.19. The minimum absolute atomic E-state index is 0.123. The highest BCUT2D eigenvalue weighted by atomic mass is 32.2. The third-order valence-corrected chi connectivity index (χ3v) is 6.40. The number of hydrogen-bond acceptors (Lipinski definition) is 6. The number of hydrogen-bond donors (Lipinski definition) is 1. The van der Waals surface area contributed by atoms with Crippen molar-refractivity contribution in [3.63, 3.8) is 0 Å². The molecule has 7 nitrogen and oxygen atoms in total. The SMILES string of the molecule is C=CCn1c(CCCOc2ccc(C(C)(C)C)cc2)nnc1SCC(=O)Nc1ccccc1OCC. The zero-order chi connectivity index (χ0) is 26.0. The van der Waals surface area contributed by atoms with E-state index in [1.165, 1.54) is 17.3 Å². The van der Waals surface area contributed by atoms with E-state index in [2.05, 4.69) is 55.0 Å². The standard InChI is InChI=1S/C28H36N4O3S/c1-6-18-32-25(13-10-19-35-22-16-14-21(15-17-22)28(3,4)5)30-31-27(32)36-20-26(33)29-23-11-8-9-12-24(23)34-7-2/h6,8-9,11-12,14-17H,1,7,10,13,18-20H2,2-5H3,(H,29,33). The summed E-state index contributed by atoms with van der Waals surface area (Å²) in [7, 11) is 0. The van der Waals surface area contributed by atoms with Crippen LogP contribution in [0.1, 0.15) is 45.5 Å². The van der Waals surface area contributed by atoms with Gasteiger partial charge in [-0.2, -0.15) is 0 Å². The maximum Gasteiger partial charge on any atom is 0.234 e. The van der Waals surface area contributed by atoms with E-state index in [9.17, 15) is 4.79 Å². The molecule has 3 aromatic rings. The molecule has 0 radical (unpaired) electrons. The topological polar surface area (TPSA) is 78.3 Å². The molecule has 0 unspecified atom stereocenters. The van der Waals surface area contributed by atoms with Crippen molar-refractivity contribution >= 4 is 23.4 Å². The summed E-state index contributed by atoms with van der Waals surface area (Å²) < 4.78 is 13.5. The van der Waals surface area contributed by atoms with Gasteiger partial charge in [-0.05, 0) is 48.6 Å². The normalized spacial score (nSPS) is 11.2. The quantitative estimate of drug-likeness (QED) is 0.176. The summed E-state index contributed by atoms with van der Waals surface area (Å²) in [6.07, 6.45) is 3.33. The Morgan fingerprint density at radius 2 is 1.86 bits per heavy atom. The second-order valence-corrected chi connectivity index (χ2v) is 10.2. The number of carbonyl (C=O) groups excluding carboxylic acids is 1. The van der Waals surface area contributed by atoms with E-state index in [1.54, 1.807) is 0 Å². The number of carbonyl (C=O) groups is 1. The van der Waals surface area contributed by atoms with Gasteiger partial charge in [0, 0.05) is 13.0 Å². The highest BCUT2D eigenvalue weighted by Gasteiger charge is 2.15. The summed E-state index contributed by atoms with van der Waals surface area (Å²) in [6.45, 7) is 14.0. The minimum Gasteiger partial charge on any atom is -0.494 e. The number of nitrogens with zero attached hydrogens (tertiary/aromatic N) is 3. The molecule has 192 valence electrons. The summed E-state index contributed by atoms with van der Waals surface area (Å²) in [4.78, 5) is 12.6. The highest BCUT2D eigenvalue weighted by molar-refractivity contribution is 7.99. The smallest absolute Gasteiger partial charge is 0.234 e. The molecular formula is C28H36N4O3S. The van der Waals surface area contributed by atoms with Gasteiger partial charge in [0.1, 0.15) is 17.3 Å². The number of anilines is 1. The number of benzene rings is 2. The molecule has 0 saturated carbocycles. The Morgan fingerprint density at radius 3 is 2.56 bits per heavy atom. The van der Waals surface area contributed by atoms with E-state index >= 15 is 0 Å². The van der Waals surface area contributed by atoms with E-state index in [4.69, 9.17) is 9.47 Å². The average molecular weight is 509 g/mol. The predicted molar refractivity (Wildman–Crippen MR) is 146 cm³/mol. The van der Waals surface area contributed by atoms with Gasteiger partial charge in [-0.15, -0.1) is 16.8 Å². The number of allylic oxidation sites excluding steroid dienone is 1. The highest BCUT2D eigenvalue weighted by Crippen LogP contribution is 2.26. The van der Waals surface area contributed by atoms with Crippen LogP contribution in [0.4, 0.5) is 5.69 Å². The van der Waals surface area contributed by atoms with E-state index in [-0.39, 0.29) is 17.1 Å². The lowest BCUT2D eigenvalue weighted by atomic mass is 9.87. The molecule has 0 aliphatic heterocycles. The molecule has 0 saturated heterocycles. The molecule has 0 bridgehead atoms. The van der Waals surface area contributed by atoms with Crippen molar-refractivity contribution < 1.29 is 14.3 Å². The monoisotopic (exact) mass is 508 g/mol. The van der Waals surface area contributed by atoms with Crippen LogP contribution in [-0.4, -0.2) is 39.6 Å². The first-order valence-corrected chi connectivity index (χ1v) is 13.2. The summed E-state index contributed by atoms with van der Waals surface area (Å²) >= 11 is 1.35. The molecule has 2 aromatic carbocycles. The molecule has 8 heteroatoms. The Balaban J connectivity index is 1.51. The minimum atomic E-state index is -0.132. The number of para-hydroxylation sites is 2. The van der Waals surface area contributed by atoms with Crippen LogP contribution in [0.25, 0.3) is 0 Å². The molecule has 1 amide bonds. The van der Waals surface area contributed by atoms with Crippen molar-refractivity contribution in [3.05, 3.63) is 72.6 Å². The van der Waals surface area contributed by atoms with Crippen molar-refractivity contribution in [2.75, 3.05) is 24.3 Å². The van der Waals surface area contributed by atoms with E-state index in [0.29, 0.717) is 36.4 Å². The largest absolute Gasteiger partial charge is 0.494 e. The maximum absolute atomic E-state index is 12.6. The van der Waals surface area contributed by atoms with Gasteiger partial charge in [-0.3, -0.25) is 4.79 Å². The third-order valence-electron chi connectivity index (χ3n) is 5.43. The van der Waals surface area contributed by atoms with Crippen molar-refractivity contribution in [3.8, 4) is 11.5 Å². The first kappa shape index (κ1) is 27.3. The van der Waals surface area contributed by atoms with Gasteiger partial charge in [-0.25, -0.2) is 0 Å². The molecule has 0 atom stereocenters. The van der Waals surface area contributed by atoms with Crippen LogP contribution in [0.5, 0.6) is 11.5 Å². The van der Waals surface area contributed by atoms with Crippen LogP contribution in [0.15, 0.2) is 66.3 Å². The zero-order valence-corrected chi connectivity index (χ0v) is 22.4. The molecule has 0 aliphatic carbocycles. The molecule has 1 N–H and O–H groups in total. The van der Waals surface area contributed by atoms with E-state index in [0.717, 1.165) is 24.4 Å². The molecule has 1 heterocycles. The number of aromatic nitrogens is 3. The number of amides is 1. The Hall–Kier alpha value is -3.26. The lowest BCUT2D eigenvalue weighted by molar-refractivity contribution is -0.113. The molecule has 36 heavy (non-hydrogen) atoms. The fourth-order valence-electron chi connectivity index (χ4n) is 3.56. The van der Waals surface area contributed by atoms with Crippen LogP contribution in [0, 0.1) is 0 Å². The number of thioether (sulfide) groups is 1. The maximum atomic E-state index is 12.6. The van der Waals surface area contributed by atoms with E-state index < -0.39 is 0 Å². The Morgan fingerprint density at radius 1 is 1.11 bits per heavy atom. The average Bonchev–Trinajstić information content (AvgIpc) is 3.23. The zero-order valence-electron chi connectivity index (χ0n) is 21.6. The van der Waals surface area contributed by atoms with Crippen molar-refractivity contribution in [2.24, 2.45) is 0 Å². The predicted octanol–water partition coefficient (Wildman–Crippen LogP) is 5.90. The van der Waals surface area contributed by atoms with Crippen LogP contribution in [0.3, 0.4) is 0 Å². The lowest BCUT2D eigenvalue weighted by Crippen LogP contribution is -2.15. The summed E-state index contributed by atoms with van der Waals surface area (Å²) in [5.74, 6) is 2.45. The second kappa shape index (κ2) is 13.2. The first-order chi connectivity index (χ1) is 17.3. The molecular weight excluding hydrogens is 472 g/mol. The second-order valence-electron chi connectivity index (χ2n) is 9.29. The van der Waals surface area contributed by atoms with Gasteiger partial charge >= 0.3 is 0 Å². The van der Waals surface area contributed by atoms with Crippen molar-refractivity contribution in [1.82, 2.24) is 14.8 Å². The number of rotatable bonds is 13. The van der Waals surface area contributed by atoms with Crippen molar-refractivity contribution in [2.45, 2.75) is 57.7 Å². The van der Waals surface area contributed by atoms with Gasteiger partial charge in [0.05, 0.1) is 24.7 Å². The van der Waals surface area contributed by atoms with Crippen molar-refractivity contribution in [1.29, 1.82) is 0 Å². The molecule has 0 fully saturated rings. The van der Waals surface area contributed by atoms with Crippen LogP contribution in [-0.2, 0) is 23.2 Å². The van der Waals surface area contributed by atoms with Gasteiger partial charge < -0.3 is 19.4 Å². The molecule has 3 rings (SSSR count). The first-order valence-electron chi connectivity index (χ1n) is 12.2. The number of nitrogens with one attached hydrogen (secondary N) is 1. The third kappa shape index (κ3) is 7.88. The van der Waals surface area contributed by atoms with Crippen LogP contribution in [0.2, 0.25) is 0 Å². The van der Waals surface area contributed by atoms with Gasteiger partial charge in [0.15, 0.2) is 5.16 Å².